The lowest BCUT2D eigenvalue weighted by Crippen LogP contribution is -2.23. The topological polar surface area (TPSA) is 9.23 Å². The molecule has 0 unspecified atom stereocenters. The minimum absolute atomic E-state index is 0.0288. The fraction of sp³-hybridized carbons (Fsp3) is 0.700. The Hall–Kier alpha value is -0.890. The monoisotopic (exact) mass is 308 g/mol. The highest BCUT2D eigenvalue weighted by Gasteiger charge is 2.24. The van der Waals surface area contributed by atoms with Crippen LogP contribution in [0.5, 0.6) is 0 Å². The van der Waals surface area contributed by atoms with Gasteiger partial charge in [0.1, 0.15) is 0 Å². The summed E-state index contributed by atoms with van der Waals surface area (Å²) in [5.41, 5.74) is 2.74. The van der Waals surface area contributed by atoms with E-state index in [0.717, 1.165) is 38.5 Å². The molecule has 22 heavy (non-hydrogen) atoms. The number of hydrogen-bond acceptors (Lipinski definition) is 1. The Morgan fingerprint density at radius 2 is 2.09 bits per heavy atom. The molecule has 0 amide bonds. The standard InChI is InChI=1S/C20H33FO/c1-6-8-17(12-11-16(4)19(21)9-7-2)18-14-15(3)10-13-20(18)22-5/h9-10,14,16-17,20H,6-8,11-13H2,1-5H3/b19-9+/t16-,17-,20-/m0/s1. The first-order chi connectivity index (χ1) is 10.5. The van der Waals surface area contributed by atoms with Gasteiger partial charge in [0, 0.05) is 13.0 Å². The highest BCUT2D eigenvalue weighted by molar-refractivity contribution is 5.31. The molecule has 1 aliphatic carbocycles. The van der Waals surface area contributed by atoms with Crippen LogP contribution in [-0.2, 0) is 4.74 Å². The van der Waals surface area contributed by atoms with Crippen molar-refractivity contribution in [3.63, 3.8) is 0 Å². The second kappa shape index (κ2) is 9.99. The summed E-state index contributed by atoms with van der Waals surface area (Å²) in [5.74, 6) is 0.589. The van der Waals surface area contributed by atoms with E-state index in [0.29, 0.717) is 5.92 Å². The molecule has 0 heterocycles. The van der Waals surface area contributed by atoms with Crippen LogP contribution in [-0.4, -0.2) is 13.2 Å². The predicted molar refractivity (Wildman–Crippen MR) is 93.5 cm³/mol. The number of halogens is 1. The SMILES string of the molecule is CC/C=C(/F)[C@@H](C)CC[C@H](CCC)C1=CC(C)=CC[C@@H]1OC. The molecule has 0 fully saturated rings. The first-order valence-electron chi connectivity index (χ1n) is 8.79. The summed E-state index contributed by atoms with van der Waals surface area (Å²) in [6, 6.07) is 0. The molecule has 3 atom stereocenters. The zero-order chi connectivity index (χ0) is 16.5. The van der Waals surface area contributed by atoms with Gasteiger partial charge in [-0.1, -0.05) is 51.0 Å². The number of ether oxygens (including phenoxy) is 1. The Morgan fingerprint density at radius 1 is 1.36 bits per heavy atom. The second-order valence-electron chi connectivity index (χ2n) is 6.51. The molecule has 0 aromatic heterocycles. The largest absolute Gasteiger partial charge is 0.377 e. The van der Waals surface area contributed by atoms with E-state index in [2.05, 4.69) is 26.0 Å². The van der Waals surface area contributed by atoms with Gasteiger partial charge in [0.05, 0.1) is 11.9 Å². The minimum Gasteiger partial charge on any atom is -0.377 e. The van der Waals surface area contributed by atoms with E-state index < -0.39 is 0 Å². The van der Waals surface area contributed by atoms with Crippen LogP contribution in [0.2, 0.25) is 0 Å². The van der Waals surface area contributed by atoms with Crippen LogP contribution >= 0.6 is 0 Å². The molecule has 0 N–H and O–H groups in total. The molecule has 1 rings (SSSR count). The third-order valence-electron chi connectivity index (χ3n) is 4.63. The van der Waals surface area contributed by atoms with Gasteiger partial charge in [-0.3, -0.25) is 0 Å². The maximum atomic E-state index is 13.9. The Morgan fingerprint density at radius 3 is 2.68 bits per heavy atom. The summed E-state index contributed by atoms with van der Waals surface area (Å²) < 4.78 is 19.6. The molecule has 0 saturated carbocycles. The molecule has 0 aromatic carbocycles. The van der Waals surface area contributed by atoms with Gasteiger partial charge in [0.2, 0.25) is 0 Å². The normalized spacial score (nSPS) is 22.1. The molecular formula is C20H33FO. The fourth-order valence-corrected chi connectivity index (χ4v) is 3.27. The molecular weight excluding hydrogens is 275 g/mol. The lowest BCUT2D eigenvalue weighted by molar-refractivity contribution is 0.120. The fourth-order valence-electron chi connectivity index (χ4n) is 3.27. The lowest BCUT2D eigenvalue weighted by Gasteiger charge is -2.29. The molecule has 2 heteroatoms. The first-order valence-corrected chi connectivity index (χ1v) is 8.79. The summed E-state index contributed by atoms with van der Waals surface area (Å²) in [6.07, 6.45) is 12.4. The molecule has 0 radical (unpaired) electrons. The van der Waals surface area contributed by atoms with Crippen LogP contribution in [0.15, 0.2) is 35.2 Å². The van der Waals surface area contributed by atoms with Gasteiger partial charge in [-0.05, 0) is 50.5 Å². The Kier molecular flexibility index (Phi) is 8.70. The van der Waals surface area contributed by atoms with Gasteiger partial charge in [0.25, 0.3) is 0 Å². The molecule has 0 bridgehead atoms. The van der Waals surface area contributed by atoms with Crippen LogP contribution in [0.25, 0.3) is 0 Å². The average Bonchev–Trinajstić information content (AvgIpc) is 2.51. The van der Waals surface area contributed by atoms with Crippen LogP contribution in [0.3, 0.4) is 0 Å². The van der Waals surface area contributed by atoms with Crippen LogP contribution in [0.4, 0.5) is 4.39 Å². The summed E-state index contributed by atoms with van der Waals surface area (Å²) in [4.78, 5) is 0. The number of methoxy groups -OCH3 is 1. The van der Waals surface area contributed by atoms with Crippen molar-refractivity contribution in [3.8, 4) is 0 Å². The molecule has 126 valence electrons. The first kappa shape index (κ1) is 19.2. The smallest absolute Gasteiger partial charge is 0.0987 e. The van der Waals surface area contributed by atoms with E-state index in [1.165, 1.54) is 11.1 Å². The summed E-state index contributed by atoms with van der Waals surface area (Å²) >= 11 is 0. The van der Waals surface area contributed by atoms with Crippen molar-refractivity contribution in [3.05, 3.63) is 35.2 Å². The Bertz CT molecular complexity index is 419. The third-order valence-corrected chi connectivity index (χ3v) is 4.63. The molecule has 0 aromatic rings. The number of rotatable bonds is 9. The van der Waals surface area contributed by atoms with E-state index >= 15 is 0 Å². The van der Waals surface area contributed by atoms with Crippen molar-refractivity contribution < 1.29 is 9.13 Å². The van der Waals surface area contributed by atoms with Crippen molar-refractivity contribution in [1.29, 1.82) is 0 Å². The lowest BCUT2D eigenvalue weighted by atomic mass is 9.81. The van der Waals surface area contributed by atoms with Gasteiger partial charge in [-0.25, -0.2) is 4.39 Å². The third kappa shape index (κ3) is 5.72. The summed E-state index contributed by atoms with van der Waals surface area (Å²) in [6.45, 7) is 8.36. The maximum Gasteiger partial charge on any atom is 0.0987 e. The van der Waals surface area contributed by atoms with Crippen LogP contribution in [0, 0.1) is 11.8 Å². The molecule has 0 spiro atoms. The Labute approximate surface area is 136 Å². The predicted octanol–water partition coefficient (Wildman–Crippen LogP) is 6.37. The van der Waals surface area contributed by atoms with E-state index in [4.69, 9.17) is 4.74 Å². The van der Waals surface area contributed by atoms with Gasteiger partial charge in [-0.15, -0.1) is 0 Å². The van der Waals surface area contributed by atoms with Crippen molar-refractivity contribution >= 4 is 0 Å². The second-order valence-corrected chi connectivity index (χ2v) is 6.51. The van der Waals surface area contributed by atoms with Gasteiger partial charge >= 0.3 is 0 Å². The summed E-state index contributed by atoms with van der Waals surface area (Å²) in [5, 5.41) is 0. The van der Waals surface area contributed by atoms with Crippen LogP contribution in [0.1, 0.15) is 66.2 Å². The number of hydrogen-bond donors (Lipinski definition) is 0. The van der Waals surface area contributed by atoms with Gasteiger partial charge < -0.3 is 4.74 Å². The van der Waals surface area contributed by atoms with E-state index in [9.17, 15) is 4.39 Å². The maximum absolute atomic E-state index is 13.9. The summed E-state index contributed by atoms with van der Waals surface area (Å²) in [7, 11) is 1.79. The molecule has 1 nitrogen and oxygen atoms in total. The van der Waals surface area contributed by atoms with Crippen molar-refractivity contribution in [2.24, 2.45) is 11.8 Å². The Balaban J connectivity index is 2.76. The highest BCUT2D eigenvalue weighted by Crippen LogP contribution is 2.34. The minimum atomic E-state index is 0.0288. The van der Waals surface area contributed by atoms with Crippen molar-refractivity contribution in [2.45, 2.75) is 72.3 Å². The number of allylic oxidation sites excluding steroid dienone is 4. The van der Waals surface area contributed by atoms with Gasteiger partial charge in [0.15, 0.2) is 0 Å². The molecule has 1 aliphatic rings. The van der Waals surface area contributed by atoms with E-state index in [1.807, 2.05) is 13.8 Å². The van der Waals surface area contributed by atoms with E-state index in [-0.39, 0.29) is 17.8 Å². The molecule has 0 aliphatic heterocycles. The zero-order valence-electron chi connectivity index (χ0n) is 15.0. The van der Waals surface area contributed by atoms with E-state index in [1.54, 1.807) is 13.2 Å². The highest BCUT2D eigenvalue weighted by atomic mass is 19.1. The van der Waals surface area contributed by atoms with Gasteiger partial charge in [-0.2, -0.15) is 0 Å². The molecule has 0 saturated heterocycles. The average molecular weight is 308 g/mol. The van der Waals surface area contributed by atoms with Crippen LogP contribution < -0.4 is 0 Å². The van der Waals surface area contributed by atoms with Crippen molar-refractivity contribution in [1.82, 2.24) is 0 Å². The zero-order valence-corrected chi connectivity index (χ0v) is 15.0. The van der Waals surface area contributed by atoms with Crippen molar-refractivity contribution in [2.75, 3.05) is 7.11 Å². The quantitative estimate of drug-likeness (QED) is 0.480.